The highest BCUT2D eigenvalue weighted by Gasteiger charge is 2.51. The summed E-state index contributed by atoms with van der Waals surface area (Å²) < 4.78 is 14.2. The third-order valence-electron chi connectivity index (χ3n) is 6.06. The van der Waals surface area contributed by atoms with Crippen molar-refractivity contribution in [2.24, 2.45) is 5.41 Å². The van der Waals surface area contributed by atoms with E-state index in [0.717, 1.165) is 37.3 Å². The van der Waals surface area contributed by atoms with E-state index in [1.807, 2.05) is 0 Å². The zero-order valence-corrected chi connectivity index (χ0v) is 16.4. The second kappa shape index (κ2) is 6.89. The molecule has 2 aromatic rings. The minimum Gasteiger partial charge on any atom is -0.337 e. The molecule has 5 nitrogen and oxygen atoms in total. The van der Waals surface area contributed by atoms with Crippen molar-refractivity contribution >= 4 is 17.5 Å². The van der Waals surface area contributed by atoms with Crippen LogP contribution in [0, 0.1) is 11.2 Å². The fourth-order valence-corrected chi connectivity index (χ4v) is 4.79. The number of likely N-dealkylation sites (tertiary alicyclic amines) is 1. The molecule has 1 aliphatic heterocycles. The number of carbonyl (C=O) groups is 1. The molecule has 1 saturated heterocycles. The lowest BCUT2D eigenvalue weighted by atomic mass is 9.76. The minimum atomic E-state index is -0.532. The Hall–Kier alpha value is -1.95. The van der Waals surface area contributed by atoms with E-state index in [1.54, 1.807) is 4.90 Å². The molecule has 7 heteroatoms. The first-order valence-corrected chi connectivity index (χ1v) is 9.94. The van der Waals surface area contributed by atoms with Gasteiger partial charge in [0.25, 0.3) is 5.91 Å². The van der Waals surface area contributed by atoms with Crippen LogP contribution in [0.25, 0.3) is 0 Å². The van der Waals surface area contributed by atoms with E-state index in [-0.39, 0.29) is 28.7 Å². The van der Waals surface area contributed by atoms with Crippen LogP contribution in [-0.4, -0.2) is 39.1 Å². The molecule has 1 atom stereocenters. The van der Waals surface area contributed by atoms with Gasteiger partial charge in [0.2, 0.25) is 0 Å². The first-order valence-electron chi connectivity index (χ1n) is 9.56. The van der Waals surface area contributed by atoms with Crippen LogP contribution < -0.4 is 0 Å². The summed E-state index contributed by atoms with van der Waals surface area (Å²) >= 11 is 5.98. The number of aromatic amines is 1. The summed E-state index contributed by atoms with van der Waals surface area (Å²) in [6.45, 7) is 5.27. The lowest BCUT2D eigenvalue weighted by molar-refractivity contribution is 0.0768. The number of benzene rings is 1. The van der Waals surface area contributed by atoms with E-state index < -0.39 is 5.82 Å². The number of carbonyl (C=O) groups excluding carboxylic acids is 1. The van der Waals surface area contributed by atoms with Crippen molar-refractivity contribution in [2.45, 2.75) is 51.4 Å². The molecule has 2 heterocycles. The zero-order valence-electron chi connectivity index (χ0n) is 15.6. The van der Waals surface area contributed by atoms with Gasteiger partial charge < -0.3 is 4.90 Å². The number of amides is 1. The van der Waals surface area contributed by atoms with Gasteiger partial charge in [0.05, 0.1) is 5.56 Å². The molecular weight excluding hydrogens is 367 g/mol. The van der Waals surface area contributed by atoms with Gasteiger partial charge >= 0.3 is 0 Å². The molecule has 1 aromatic heterocycles. The molecule has 1 N–H and O–H groups in total. The fraction of sp³-hybridized carbons (Fsp3) is 0.550. The number of H-pyrrole nitrogens is 1. The molecule has 1 aromatic carbocycles. The smallest absolute Gasteiger partial charge is 0.256 e. The molecule has 27 heavy (non-hydrogen) atoms. The first-order chi connectivity index (χ1) is 12.9. The van der Waals surface area contributed by atoms with Crippen LogP contribution in [0.2, 0.25) is 5.02 Å². The minimum absolute atomic E-state index is 0.00149. The lowest BCUT2D eigenvalue weighted by Gasteiger charge is -2.28. The second-order valence-electron chi connectivity index (χ2n) is 8.17. The van der Waals surface area contributed by atoms with Gasteiger partial charge in [-0.3, -0.25) is 9.89 Å². The van der Waals surface area contributed by atoms with Crippen molar-refractivity contribution in [2.75, 3.05) is 13.1 Å². The fourth-order valence-electron chi connectivity index (χ4n) is 4.62. The number of hydrogen-bond acceptors (Lipinski definition) is 3. The molecule has 1 saturated carbocycles. The molecule has 0 radical (unpaired) electrons. The Labute approximate surface area is 163 Å². The Bertz CT molecular complexity index is 859. The van der Waals surface area contributed by atoms with Gasteiger partial charge in [-0.1, -0.05) is 38.3 Å². The molecule has 1 unspecified atom stereocenters. The van der Waals surface area contributed by atoms with Crippen LogP contribution in [0.15, 0.2) is 18.2 Å². The van der Waals surface area contributed by atoms with Crippen LogP contribution >= 0.6 is 11.6 Å². The maximum Gasteiger partial charge on any atom is 0.256 e. The van der Waals surface area contributed by atoms with Gasteiger partial charge in [-0.2, -0.15) is 5.10 Å². The van der Waals surface area contributed by atoms with Gasteiger partial charge in [-0.25, -0.2) is 9.37 Å². The molecule has 2 aliphatic rings. The van der Waals surface area contributed by atoms with Crippen molar-refractivity contribution in [1.82, 2.24) is 20.1 Å². The largest absolute Gasteiger partial charge is 0.337 e. The van der Waals surface area contributed by atoms with Gasteiger partial charge in [0, 0.05) is 29.9 Å². The highest BCUT2D eigenvalue weighted by molar-refractivity contribution is 6.31. The number of rotatable bonds is 3. The maximum absolute atomic E-state index is 14.2. The summed E-state index contributed by atoms with van der Waals surface area (Å²) in [5.74, 6) is 1.16. The van der Waals surface area contributed by atoms with Crippen molar-refractivity contribution in [3.05, 3.63) is 46.3 Å². The summed E-state index contributed by atoms with van der Waals surface area (Å²) in [6.07, 6.45) is 4.40. The third-order valence-corrected chi connectivity index (χ3v) is 6.29. The van der Waals surface area contributed by atoms with Crippen LogP contribution in [0.4, 0.5) is 4.39 Å². The number of nitrogens with one attached hydrogen (secondary N) is 1. The molecule has 2 fully saturated rings. The number of nitrogens with zero attached hydrogens (tertiary/aromatic N) is 3. The van der Waals surface area contributed by atoms with Gasteiger partial charge in [0.15, 0.2) is 5.82 Å². The topological polar surface area (TPSA) is 61.9 Å². The van der Waals surface area contributed by atoms with E-state index in [0.29, 0.717) is 18.1 Å². The summed E-state index contributed by atoms with van der Waals surface area (Å²) in [5, 5.41) is 7.82. The molecule has 1 amide bonds. The predicted octanol–water partition coefficient (Wildman–Crippen LogP) is 4.52. The van der Waals surface area contributed by atoms with Crippen LogP contribution in [0.5, 0.6) is 0 Å². The number of halogens is 2. The quantitative estimate of drug-likeness (QED) is 0.838. The summed E-state index contributed by atoms with van der Waals surface area (Å²) in [7, 11) is 0. The second-order valence-corrected chi connectivity index (χ2v) is 8.60. The van der Waals surface area contributed by atoms with E-state index in [2.05, 4.69) is 24.0 Å². The maximum atomic E-state index is 14.2. The molecule has 4 rings (SSSR count). The molecule has 144 valence electrons. The Morgan fingerprint density at radius 3 is 2.78 bits per heavy atom. The SMILES string of the molecule is CC(C)c1n[nH]c(C2CN(C(=O)c3cc(Cl)ccc3F)CC23CCCC3)n1. The van der Waals surface area contributed by atoms with Gasteiger partial charge in [-0.05, 0) is 36.5 Å². The average molecular weight is 391 g/mol. The lowest BCUT2D eigenvalue weighted by Crippen LogP contribution is -2.31. The highest BCUT2D eigenvalue weighted by Crippen LogP contribution is 2.53. The Kier molecular flexibility index (Phi) is 4.70. The van der Waals surface area contributed by atoms with Crippen LogP contribution in [-0.2, 0) is 0 Å². The van der Waals surface area contributed by atoms with E-state index >= 15 is 0 Å². The van der Waals surface area contributed by atoms with Crippen molar-refractivity contribution in [1.29, 1.82) is 0 Å². The molecule has 1 aliphatic carbocycles. The predicted molar refractivity (Wildman–Crippen MR) is 101 cm³/mol. The first kappa shape index (κ1) is 18.4. The van der Waals surface area contributed by atoms with Crippen molar-refractivity contribution in [3.63, 3.8) is 0 Å². The van der Waals surface area contributed by atoms with Gasteiger partial charge in [0.1, 0.15) is 11.6 Å². The normalized spacial score (nSPS) is 21.5. The standard InChI is InChI=1S/C20H24ClFN4O/c1-12(2)17-23-18(25-24-17)15-10-26(11-20(15)7-3-4-8-20)19(27)14-9-13(21)5-6-16(14)22/h5-6,9,12,15H,3-4,7-8,10-11H2,1-2H3,(H,23,24,25). The average Bonchev–Trinajstić information content (AvgIpc) is 3.37. The molecular formula is C20H24ClFN4O. The van der Waals surface area contributed by atoms with Crippen molar-refractivity contribution < 1.29 is 9.18 Å². The van der Waals surface area contributed by atoms with Crippen LogP contribution in [0.1, 0.15) is 73.4 Å². The number of aromatic nitrogens is 3. The Balaban J connectivity index is 1.65. The summed E-state index contributed by atoms with van der Waals surface area (Å²) in [5.41, 5.74) is 0.0372. The molecule has 1 spiro atoms. The Morgan fingerprint density at radius 2 is 2.11 bits per heavy atom. The van der Waals surface area contributed by atoms with Crippen molar-refractivity contribution in [3.8, 4) is 0 Å². The number of hydrogen-bond donors (Lipinski definition) is 1. The monoisotopic (exact) mass is 390 g/mol. The van der Waals surface area contributed by atoms with E-state index in [9.17, 15) is 9.18 Å². The Morgan fingerprint density at radius 1 is 1.37 bits per heavy atom. The highest BCUT2D eigenvalue weighted by atomic mass is 35.5. The summed E-state index contributed by atoms with van der Waals surface area (Å²) in [4.78, 5) is 19.5. The molecule has 0 bridgehead atoms. The third kappa shape index (κ3) is 3.24. The van der Waals surface area contributed by atoms with E-state index in [1.165, 1.54) is 18.2 Å². The van der Waals surface area contributed by atoms with Gasteiger partial charge in [-0.15, -0.1) is 0 Å². The van der Waals surface area contributed by atoms with Crippen LogP contribution in [0.3, 0.4) is 0 Å². The zero-order chi connectivity index (χ0) is 19.2. The summed E-state index contributed by atoms with van der Waals surface area (Å²) in [6, 6.07) is 4.12. The van der Waals surface area contributed by atoms with E-state index in [4.69, 9.17) is 16.6 Å².